The van der Waals surface area contributed by atoms with E-state index in [1.807, 2.05) is 47.4 Å². The maximum absolute atomic E-state index is 13.1. The van der Waals surface area contributed by atoms with Crippen LogP contribution >= 0.6 is 0 Å². The molecule has 0 saturated heterocycles. The fourth-order valence-corrected chi connectivity index (χ4v) is 5.43. The SMILES string of the molecule is Cc1cc(O[Si](C)(C)C(C)(C)C)cc2c1-c1cc3c(cc1CO2)C(=O)N(c1ccccc1)C3. The Hall–Kier alpha value is -3.05. The molecule has 0 N–H and O–H groups in total. The second kappa shape index (κ2) is 7.49. The van der Waals surface area contributed by atoms with Gasteiger partial charge in [-0.1, -0.05) is 39.0 Å². The largest absolute Gasteiger partial charge is 0.543 e. The zero-order valence-electron chi connectivity index (χ0n) is 20.3. The number of amides is 1. The maximum atomic E-state index is 13.1. The van der Waals surface area contributed by atoms with E-state index in [9.17, 15) is 4.79 Å². The minimum atomic E-state index is -1.95. The fraction of sp³-hybridized carbons (Fsp3) is 0.321. The van der Waals surface area contributed by atoms with Gasteiger partial charge in [0, 0.05) is 22.9 Å². The van der Waals surface area contributed by atoms with E-state index in [0.717, 1.165) is 50.6 Å². The molecule has 4 nitrogen and oxygen atoms in total. The molecule has 2 heterocycles. The summed E-state index contributed by atoms with van der Waals surface area (Å²) in [6.07, 6.45) is 0. The van der Waals surface area contributed by atoms with Gasteiger partial charge in [-0.3, -0.25) is 4.79 Å². The van der Waals surface area contributed by atoms with Crippen molar-refractivity contribution in [2.75, 3.05) is 4.90 Å². The number of carbonyl (C=O) groups excluding carboxylic acids is 1. The van der Waals surface area contributed by atoms with Crippen molar-refractivity contribution in [1.29, 1.82) is 0 Å². The van der Waals surface area contributed by atoms with Gasteiger partial charge >= 0.3 is 0 Å². The van der Waals surface area contributed by atoms with E-state index in [4.69, 9.17) is 9.16 Å². The normalized spacial score (nSPS) is 15.0. The van der Waals surface area contributed by atoms with Crippen molar-refractivity contribution < 1.29 is 14.0 Å². The minimum absolute atomic E-state index is 0.0552. The van der Waals surface area contributed by atoms with Crippen LogP contribution in [0, 0.1) is 6.92 Å². The molecule has 0 aliphatic carbocycles. The highest BCUT2D eigenvalue weighted by Gasteiger charge is 2.39. The lowest BCUT2D eigenvalue weighted by Crippen LogP contribution is -2.43. The standard InChI is InChI=1S/C28H31NO3Si/c1-18-12-22(32-33(5,6)28(2,3)4)15-25-26(18)23-13-19-16-29(21-10-8-7-9-11-21)27(30)24(19)14-20(23)17-31-25/h7-15H,16-17H2,1-6H3. The van der Waals surface area contributed by atoms with Crippen LogP contribution in [0.5, 0.6) is 11.5 Å². The molecular weight excluding hydrogens is 426 g/mol. The number of carbonyl (C=O) groups is 1. The zero-order valence-corrected chi connectivity index (χ0v) is 21.3. The molecule has 170 valence electrons. The van der Waals surface area contributed by atoms with E-state index in [2.05, 4.69) is 52.9 Å². The Kier molecular flexibility index (Phi) is 4.94. The summed E-state index contributed by atoms with van der Waals surface area (Å²) < 4.78 is 12.7. The number of anilines is 1. The van der Waals surface area contributed by atoms with Crippen LogP contribution in [0.15, 0.2) is 54.6 Å². The lowest BCUT2D eigenvalue weighted by Gasteiger charge is -2.37. The molecule has 2 aliphatic heterocycles. The molecule has 5 heteroatoms. The van der Waals surface area contributed by atoms with Gasteiger partial charge in [0.05, 0.1) is 6.54 Å². The monoisotopic (exact) mass is 457 g/mol. The van der Waals surface area contributed by atoms with Gasteiger partial charge in [-0.15, -0.1) is 0 Å². The lowest BCUT2D eigenvalue weighted by molar-refractivity contribution is 0.0996. The Labute approximate surface area is 197 Å². The number of hydrogen-bond acceptors (Lipinski definition) is 3. The first kappa shape index (κ1) is 21.8. The van der Waals surface area contributed by atoms with Gasteiger partial charge in [0.25, 0.3) is 5.91 Å². The van der Waals surface area contributed by atoms with E-state index in [0.29, 0.717) is 13.2 Å². The Morgan fingerprint density at radius 2 is 1.67 bits per heavy atom. The smallest absolute Gasteiger partial charge is 0.258 e. The van der Waals surface area contributed by atoms with Gasteiger partial charge in [-0.25, -0.2) is 0 Å². The van der Waals surface area contributed by atoms with Gasteiger partial charge in [-0.05, 0) is 77.6 Å². The molecule has 5 rings (SSSR count). The Balaban J connectivity index is 1.52. The molecule has 0 unspecified atom stereocenters. The second-order valence-electron chi connectivity index (χ2n) is 10.7. The molecule has 1 amide bonds. The van der Waals surface area contributed by atoms with Crippen LogP contribution in [0.2, 0.25) is 18.1 Å². The highest BCUT2D eigenvalue weighted by Crippen LogP contribution is 2.46. The number of rotatable bonds is 3. The first-order chi connectivity index (χ1) is 15.5. The fourth-order valence-electron chi connectivity index (χ4n) is 4.42. The van der Waals surface area contributed by atoms with Crippen LogP contribution < -0.4 is 14.1 Å². The Morgan fingerprint density at radius 1 is 0.970 bits per heavy atom. The summed E-state index contributed by atoms with van der Waals surface area (Å²) in [6, 6.07) is 18.3. The van der Waals surface area contributed by atoms with Crippen molar-refractivity contribution in [2.24, 2.45) is 0 Å². The molecule has 0 atom stereocenters. The summed E-state index contributed by atoms with van der Waals surface area (Å²) in [5.74, 6) is 1.80. The average molecular weight is 458 g/mol. The van der Waals surface area contributed by atoms with Gasteiger partial charge in [0.2, 0.25) is 8.32 Å². The van der Waals surface area contributed by atoms with Crippen LogP contribution in [0.1, 0.15) is 47.8 Å². The lowest BCUT2D eigenvalue weighted by atomic mass is 9.90. The zero-order chi connectivity index (χ0) is 23.5. The highest BCUT2D eigenvalue weighted by atomic mass is 28.4. The molecule has 3 aromatic carbocycles. The summed E-state index contributed by atoms with van der Waals surface area (Å²) in [4.78, 5) is 15.0. The second-order valence-corrected chi connectivity index (χ2v) is 15.4. The maximum Gasteiger partial charge on any atom is 0.258 e. The van der Waals surface area contributed by atoms with Crippen molar-refractivity contribution in [3.8, 4) is 22.6 Å². The molecule has 0 radical (unpaired) electrons. The predicted octanol–water partition coefficient (Wildman–Crippen LogP) is 7.10. The van der Waals surface area contributed by atoms with Crippen LogP contribution in [0.3, 0.4) is 0 Å². The summed E-state index contributed by atoms with van der Waals surface area (Å²) >= 11 is 0. The summed E-state index contributed by atoms with van der Waals surface area (Å²) in [7, 11) is -1.95. The third-order valence-corrected chi connectivity index (χ3v) is 11.7. The van der Waals surface area contributed by atoms with Crippen LogP contribution in [0.4, 0.5) is 5.69 Å². The molecular formula is C28H31NO3Si. The number of benzene rings is 3. The minimum Gasteiger partial charge on any atom is -0.543 e. The van der Waals surface area contributed by atoms with E-state index in [-0.39, 0.29) is 10.9 Å². The quantitative estimate of drug-likeness (QED) is 0.394. The van der Waals surface area contributed by atoms with Crippen molar-refractivity contribution in [3.05, 3.63) is 76.9 Å². The topological polar surface area (TPSA) is 38.8 Å². The Morgan fingerprint density at radius 3 is 2.36 bits per heavy atom. The third kappa shape index (κ3) is 3.64. The first-order valence-corrected chi connectivity index (χ1v) is 14.5. The number of aryl methyl sites for hydroxylation is 1. The third-order valence-electron chi connectivity index (χ3n) is 7.31. The number of ether oxygens (including phenoxy) is 1. The molecule has 0 fully saturated rings. The summed E-state index contributed by atoms with van der Waals surface area (Å²) in [5, 5.41) is 0.127. The number of fused-ring (bicyclic) bond motifs is 4. The van der Waals surface area contributed by atoms with Crippen molar-refractivity contribution >= 4 is 19.9 Å². The van der Waals surface area contributed by atoms with Gasteiger partial charge < -0.3 is 14.1 Å². The van der Waals surface area contributed by atoms with E-state index in [1.165, 1.54) is 0 Å². The molecule has 2 aliphatic rings. The van der Waals surface area contributed by atoms with Crippen molar-refractivity contribution in [3.63, 3.8) is 0 Å². The molecule has 0 spiro atoms. The van der Waals surface area contributed by atoms with Gasteiger partial charge in [0.15, 0.2) is 0 Å². The number of nitrogens with zero attached hydrogens (tertiary/aromatic N) is 1. The molecule has 33 heavy (non-hydrogen) atoms. The van der Waals surface area contributed by atoms with Crippen molar-refractivity contribution in [2.45, 2.75) is 59.0 Å². The van der Waals surface area contributed by atoms with E-state index in [1.54, 1.807) is 0 Å². The van der Waals surface area contributed by atoms with E-state index < -0.39 is 8.32 Å². The first-order valence-electron chi connectivity index (χ1n) is 11.5. The van der Waals surface area contributed by atoms with Crippen LogP contribution in [-0.4, -0.2) is 14.2 Å². The Bertz CT molecular complexity index is 1260. The predicted molar refractivity (Wildman–Crippen MR) is 136 cm³/mol. The van der Waals surface area contributed by atoms with E-state index >= 15 is 0 Å². The number of hydrogen-bond donors (Lipinski definition) is 0. The van der Waals surface area contributed by atoms with Gasteiger partial charge in [-0.2, -0.15) is 0 Å². The van der Waals surface area contributed by atoms with Gasteiger partial charge in [0.1, 0.15) is 18.1 Å². The summed E-state index contributed by atoms with van der Waals surface area (Å²) in [6.45, 7) is 14.4. The molecule has 0 aromatic heterocycles. The molecule has 0 saturated carbocycles. The van der Waals surface area contributed by atoms with Crippen LogP contribution in [0.25, 0.3) is 11.1 Å². The molecule has 3 aromatic rings. The highest BCUT2D eigenvalue weighted by molar-refractivity contribution is 6.74. The average Bonchev–Trinajstić information content (AvgIpc) is 3.07. The summed E-state index contributed by atoms with van der Waals surface area (Å²) in [5.41, 5.74) is 7.23. The van der Waals surface area contributed by atoms with Crippen molar-refractivity contribution in [1.82, 2.24) is 0 Å². The number of para-hydroxylation sites is 1. The van der Waals surface area contributed by atoms with Crippen LogP contribution in [-0.2, 0) is 13.2 Å². The molecule has 0 bridgehead atoms.